The van der Waals surface area contributed by atoms with E-state index >= 15 is 0 Å². The van der Waals surface area contributed by atoms with E-state index in [0.29, 0.717) is 38.9 Å². The minimum Gasteiger partial charge on any atom is -0.494 e. The number of amides is 1. The molecular weight excluding hydrogens is 532 g/mol. The quantitative estimate of drug-likeness (QED) is 0.215. The maximum absolute atomic E-state index is 11.2. The van der Waals surface area contributed by atoms with Gasteiger partial charge in [-0.05, 0) is 73.7 Å². The first-order valence-corrected chi connectivity index (χ1v) is 14.9. The number of ether oxygens (including phenoxy) is 5. The van der Waals surface area contributed by atoms with E-state index in [4.69, 9.17) is 23.7 Å². The average molecular weight is 577 g/mol. The molecule has 4 rings (SSSR count). The highest BCUT2D eigenvalue weighted by atomic mass is 16.5. The van der Waals surface area contributed by atoms with Gasteiger partial charge in [-0.25, -0.2) is 0 Å². The van der Waals surface area contributed by atoms with Crippen molar-refractivity contribution in [3.63, 3.8) is 0 Å². The van der Waals surface area contributed by atoms with Crippen molar-refractivity contribution in [3.8, 4) is 23.0 Å². The van der Waals surface area contributed by atoms with Crippen molar-refractivity contribution < 1.29 is 28.5 Å². The van der Waals surface area contributed by atoms with Crippen LogP contribution in [0.3, 0.4) is 0 Å². The molecule has 1 saturated heterocycles. The molecule has 0 bridgehead atoms. The van der Waals surface area contributed by atoms with Crippen molar-refractivity contribution in [1.29, 1.82) is 0 Å². The molecule has 3 aromatic carbocycles. The van der Waals surface area contributed by atoms with Gasteiger partial charge in [-0.15, -0.1) is 0 Å². The Labute approximate surface area is 249 Å². The summed E-state index contributed by atoms with van der Waals surface area (Å²) in [4.78, 5) is 11.2. The minimum atomic E-state index is -0.0257. The average Bonchev–Trinajstić information content (AvgIpc) is 3.02. The van der Waals surface area contributed by atoms with Crippen LogP contribution in [0.25, 0.3) is 0 Å². The van der Waals surface area contributed by atoms with Crippen LogP contribution in [0.15, 0.2) is 72.8 Å². The van der Waals surface area contributed by atoms with Crippen LogP contribution in [0, 0.1) is 0 Å². The second-order valence-electron chi connectivity index (χ2n) is 10.3. The van der Waals surface area contributed by atoms with Gasteiger partial charge in [0.2, 0.25) is 5.91 Å². The lowest BCUT2D eigenvalue weighted by Crippen LogP contribution is -2.41. The molecule has 1 amide bonds. The Balaban J connectivity index is 1.17. The Morgan fingerprint density at radius 2 is 1.52 bits per heavy atom. The molecule has 0 saturated carbocycles. The number of hydrogen-bond acceptors (Lipinski definition) is 7. The second kappa shape index (κ2) is 17.3. The van der Waals surface area contributed by atoms with Gasteiger partial charge >= 0.3 is 0 Å². The van der Waals surface area contributed by atoms with Crippen LogP contribution in [0.5, 0.6) is 23.0 Å². The summed E-state index contributed by atoms with van der Waals surface area (Å²) in [5, 5.41) is 6.30. The Hall–Kier alpha value is -3.75. The first-order chi connectivity index (χ1) is 20.6. The Kier molecular flexibility index (Phi) is 12.8. The molecule has 1 heterocycles. The fourth-order valence-electron chi connectivity index (χ4n) is 5.09. The third-order valence-corrected chi connectivity index (χ3v) is 7.28. The van der Waals surface area contributed by atoms with Crippen LogP contribution in [0.2, 0.25) is 0 Å². The summed E-state index contributed by atoms with van der Waals surface area (Å²) in [6.45, 7) is 6.14. The van der Waals surface area contributed by atoms with Crippen LogP contribution in [-0.2, 0) is 16.0 Å². The Morgan fingerprint density at radius 1 is 0.833 bits per heavy atom. The molecule has 226 valence electrons. The molecule has 2 atom stereocenters. The molecule has 2 unspecified atom stereocenters. The largest absolute Gasteiger partial charge is 0.494 e. The maximum Gasteiger partial charge on any atom is 0.216 e. The minimum absolute atomic E-state index is 0.0257. The van der Waals surface area contributed by atoms with E-state index in [9.17, 15) is 4.79 Å². The topological polar surface area (TPSA) is 87.3 Å². The predicted octanol–water partition coefficient (Wildman–Crippen LogP) is 5.15. The number of nitrogens with one attached hydrogen (secondary N) is 2. The zero-order chi connectivity index (χ0) is 29.4. The van der Waals surface area contributed by atoms with Gasteiger partial charge in [-0.3, -0.25) is 4.79 Å². The zero-order valence-corrected chi connectivity index (χ0v) is 24.8. The highest BCUT2D eigenvalue weighted by Gasteiger charge is 2.27. The van der Waals surface area contributed by atoms with Gasteiger partial charge in [0.25, 0.3) is 0 Å². The first kappa shape index (κ1) is 31.2. The van der Waals surface area contributed by atoms with Crippen LogP contribution >= 0.6 is 0 Å². The summed E-state index contributed by atoms with van der Waals surface area (Å²) in [6, 6.07) is 24.1. The van der Waals surface area contributed by atoms with E-state index in [1.807, 2.05) is 48.5 Å². The lowest BCUT2D eigenvalue weighted by molar-refractivity contribution is -0.118. The number of carbonyl (C=O) groups is 1. The molecule has 1 aliphatic rings. The molecule has 8 nitrogen and oxygen atoms in total. The van der Waals surface area contributed by atoms with Crippen LogP contribution in [-0.4, -0.2) is 65.2 Å². The highest BCUT2D eigenvalue weighted by molar-refractivity contribution is 5.72. The number of rotatable bonds is 17. The fourth-order valence-corrected chi connectivity index (χ4v) is 5.09. The van der Waals surface area contributed by atoms with Crippen molar-refractivity contribution in [2.75, 3.05) is 53.2 Å². The molecule has 8 heteroatoms. The summed E-state index contributed by atoms with van der Waals surface area (Å²) < 4.78 is 29.5. The lowest BCUT2D eigenvalue weighted by atomic mass is 9.88. The molecule has 0 aliphatic carbocycles. The third-order valence-electron chi connectivity index (χ3n) is 7.28. The maximum atomic E-state index is 11.2. The lowest BCUT2D eigenvalue weighted by Gasteiger charge is -2.32. The first-order valence-electron chi connectivity index (χ1n) is 14.9. The van der Waals surface area contributed by atoms with Crippen LogP contribution in [0.1, 0.15) is 43.2 Å². The number of hydrogen-bond donors (Lipinski definition) is 2. The van der Waals surface area contributed by atoms with Crippen LogP contribution < -0.4 is 29.6 Å². The molecule has 2 N–H and O–H groups in total. The van der Waals surface area contributed by atoms with Gasteiger partial charge in [0, 0.05) is 25.9 Å². The number of para-hydroxylation sites is 3. The molecule has 0 spiro atoms. The second-order valence-corrected chi connectivity index (χ2v) is 10.3. The van der Waals surface area contributed by atoms with Gasteiger partial charge < -0.3 is 34.3 Å². The molecule has 3 aromatic rings. The van der Waals surface area contributed by atoms with E-state index in [-0.39, 0.29) is 12.0 Å². The molecule has 1 fully saturated rings. The summed E-state index contributed by atoms with van der Waals surface area (Å²) >= 11 is 0. The predicted molar refractivity (Wildman–Crippen MR) is 164 cm³/mol. The van der Waals surface area contributed by atoms with E-state index in [0.717, 1.165) is 67.3 Å². The molecular formula is C34H44N2O6. The Bertz CT molecular complexity index is 1220. The summed E-state index contributed by atoms with van der Waals surface area (Å²) in [6.07, 6.45) is 3.62. The van der Waals surface area contributed by atoms with Crippen LogP contribution in [0.4, 0.5) is 0 Å². The highest BCUT2D eigenvalue weighted by Crippen LogP contribution is 2.29. The monoisotopic (exact) mass is 576 g/mol. The van der Waals surface area contributed by atoms with Crippen molar-refractivity contribution >= 4 is 5.91 Å². The van der Waals surface area contributed by atoms with E-state index < -0.39 is 0 Å². The fraction of sp³-hybridized carbons (Fsp3) is 0.441. The van der Waals surface area contributed by atoms with Crippen molar-refractivity contribution in [2.24, 2.45) is 0 Å². The van der Waals surface area contributed by atoms with Crippen molar-refractivity contribution in [2.45, 2.75) is 44.6 Å². The van der Waals surface area contributed by atoms with Gasteiger partial charge in [0.05, 0.1) is 33.0 Å². The Morgan fingerprint density at radius 3 is 2.29 bits per heavy atom. The summed E-state index contributed by atoms with van der Waals surface area (Å²) in [5.41, 5.74) is 2.34. The molecule has 0 aromatic heterocycles. The van der Waals surface area contributed by atoms with E-state index in [1.165, 1.54) is 12.5 Å². The standard InChI is InChI=1S/C34H44N2O6/c1-26(37)36-20-17-28-9-3-4-10-31(28)41-23-24-42-34-25-35-19-18-30(34)27-13-15-29(16-14-27)39-21-7-8-22-40-33-12-6-5-11-32(33)38-2/h3-6,9-16,30,34-35H,7-8,17-25H2,1-2H3,(H,36,37). The summed E-state index contributed by atoms with van der Waals surface area (Å²) in [7, 11) is 1.65. The van der Waals surface area contributed by atoms with Gasteiger partial charge in [0.15, 0.2) is 11.5 Å². The van der Waals surface area contributed by atoms with E-state index in [2.05, 4.69) is 34.9 Å². The number of carbonyl (C=O) groups excluding carboxylic acids is 1. The molecule has 42 heavy (non-hydrogen) atoms. The number of piperidine rings is 1. The smallest absolute Gasteiger partial charge is 0.216 e. The van der Waals surface area contributed by atoms with E-state index in [1.54, 1.807) is 7.11 Å². The third kappa shape index (κ3) is 9.96. The molecule has 1 aliphatic heterocycles. The zero-order valence-electron chi connectivity index (χ0n) is 24.8. The number of unbranched alkanes of at least 4 members (excludes halogenated alkanes) is 1. The van der Waals surface area contributed by atoms with Crippen molar-refractivity contribution in [1.82, 2.24) is 10.6 Å². The number of methoxy groups -OCH3 is 1. The normalized spacial score (nSPS) is 16.4. The van der Waals surface area contributed by atoms with Gasteiger partial charge in [-0.2, -0.15) is 0 Å². The van der Waals surface area contributed by atoms with Gasteiger partial charge in [-0.1, -0.05) is 42.5 Å². The summed E-state index contributed by atoms with van der Waals surface area (Å²) in [5.74, 6) is 3.52. The number of benzene rings is 3. The van der Waals surface area contributed by atoms with Crippen molar-refractivity contribution in [3.05, 3.63) is 83.9 Å². The van der Waals surface area contributed by atoms with Gasteiger partial charge in [0.1, 0.15) is 18.1 Å². The SMILES string of the molecule is COc1ccccc1OCCCCOc1ccc(C2CCNCC2OCCOc2ccccc2CCNC(C)=O)cc1. The molecule has 0 radical (unpaired) electrons.